The van der Waals surface area contributed by atoms with Gasteiger partial charge in [-0.15, -0.1) is 0 Å². The van der Waals surface area contributed by atoms with E-state index in [1.165, 1.54) is 18.2 Å². The zero-order valence-electron chi connectivity index (χ0n) is 17.2. The van der Waals surface area contributed by atoms with Gasteiger partial charge in [0, 0.05) is 29.7 Å². The van der Waals surface area contributed by atoms with Crippen LogP contribution in [0.4, 0.5) is 10.1 Å². The number of carbonyl (C=O) groups excluding carboxylic acids is 1. The van der Waals surface area contributed by atoms with Gasteiger partial charge in [-0.3, -0.25) is 9.78 Å². The number of carbonyl (C=O) groups is 1. The molecule has 3 aromatic rings. The van der Waals surface area contributed by atoms with Crippen molar-refractivity contribution in [3.8, 4) is 0 Å². The molecule has 6 nitrogen and oxygen atoms in total. The summed E-state index contributed by atoms with van der Waals surface area (Å²) in [6.45, 7) is 0.313. The van der Waals surface area contributed by atoms with Crippen LogP contribution in [-0.2, 0) is 14.8 Å². The first-order chi connectivity index (χ1) is 15.3. The Morgan fingerprint density at radius 2 is 1.84 bits per heavy atom. The fourth-order valence-electron chi connectivity index (χ4n) is 4.05. The van der Waals surface area contributed by atoms with Crippen LogP contribution in [-0.4, -0.2) is 25.9 Å². The third-order valence-electron chi connectivity index (χ3n) is 5.85. The number of benzene rings is 2. The van der Waals surface area contributed by atoms with Crippen molar-refractivity contribution in [3.05, 3.63) is 65.6 Å². The molecule has 1 aliphatic carbocycles. The molecule has 0 atom stereocenters. The van der Waals surface area contributed by atoms with Crippen LogP contribution in [0.15, 0.2) is 59.6 Å². The third-order valence-corrected chi connectivity index (χ3v) is 7.60. The number of halogens is 2. The summed E-state index contributed by atoms with van der Waals surface area (Å²) in [5, 5.41) is 3.51. The number of sulfonamides is 1. The number of para-hydroxylation sites is 1. The molecule has 9 heteroatoms. The fraction of sp³-hybridized carbons (Fsp3) is 0.304. The highest BCUT2D eigenvalue weighted by molar-refractivity contribution is 7.89. The molecule has 1 saturated carbocycles. The molecule has 0 bridgehead atoms. The van der Waals surface area contributed by atoms with Crippen LogP contribution in [0.5, 0.6) is 0 Å². The second-order valence-corrected chi connectivity index (χ2v) is 10.2. The Morgan fingerprint density at radius 3 is 2.59 bits per heavy atom. The highest BCUT2D eigenvalue weighted by Gasteiger charge is 2.28. The molecular formula is C23H23ClFN3O3S. The first kappa shape index (κ1) is 22.6. The van der Waals surface area contributed by atoms with Crippen LogP contribution >= 0.6 is 11.6 Å². The number of amides is 1. The maximum absolute atomic E-state index is 13.3. The molecule has 2 N–H and O–H groups in total. The predicted octanol–water partition coefficient (Wildman–Crippen LogP) is 4.75. The standard InChI is InChI=1S/C23H23ClFN3O3S/c24-19-13-18(10-11-20(19)25)28-23(29)17-8-6-15(7-9-17)14-27-32(30,31)21-5-1-3-16-4-2-12-26-22(16)21/h1-5,10-13,15,17,27H,6-9,14H2,(H,28,29). The number of aromatic nitrogens is 1. The quantitative estimate of drug-likeness (QED) is 0.538. The van der Waals surface area contributed by atoms with Crippen LogP contribution in [0, 0.1) is 17.7 Å². The minimum Gasteiger partial charge on any atom is -0.326 e. The number of nitrogens with one attached hydrogen (secondary N) is 2. The van der Waals surface area contributed by atoms with Gasteiger partial charge in [0.05, 0.1) is 10.5 Å². The van der Waals surface area contributed by atoms with Gasteiger partial charge in [0.1, 0.15) is 10.7 Å². The fourth-order valence-corrected chi connectivity index (χ4v) is 5.52. The molecule has 1 heterocycles. The summed E-state index contributed by atoms with van der Waals surface area (Å²) in [5.74, 6) is -0.688. The van der Waals surface area contributed by atoms with Gasteiger partial charge < -0.3 is 5.32 Å². The molecule has 1 aromatic heterocycles. The Balaban J connectivity index is 1.32. The topological polar surface area (TPSA) is 88.2 Å². The van der Waals surface area contributed by atoms with Gasteiger partial charge in [-0.05, 0) is 61.9 Å². The van der Waals surface area contributed by atoms with Crippen LogP contribution < -0.4 is 10.0 Å². The molecule has 4 rings (SSSR count). The predicted molar refractivity (Wildman–Crippen MR) is 122 cm³/mol. The van der Waals surface area contributed by atoms with Crippen molar-refractivity contribution in [1.82, 2.24) is 9.71 Å². The zero-order chi connectivity index (χ0) is 22.7. The number of pyridine rings is 1. The second-order valence-electron chi connectivity index (χ2n) is 8.02. The van der Waals surface area contributed by atoms with E-state index in [1.807, 2.05) is 12.1 Å². The summed E-state index contributed by atoms with van der Waals surface area (Å²) >= 11 is 5.76. The van der Waals surface area contributed by atoms with Crippen LogP contribution in [0.3, 0.4) is 0 Å². The zero-order valence-corrected chi connectivity index (χ0v) is 18.8. The van der Waals surface area contributed by atoms with Crippen molar-refractivity contribution in [2.24, 2.45) is 11.8 Å². The Kier molecular flexibility index (Phi) is 6.74. The summed E-state index contributed by atoms with van der Waals surface area (Å²) in [6, 6.07) is 12.8. The summed E-state index contributed by atoms with van der Waals surface area (Å²) < 4.78 is 41.7. The maximum atomic E-state index is 13.3. The van der Waals surface area contributed by atoms with Crippen molar-refractivity contribution in [3.63, 3.8) is 0 Å². The van der Waals surface area contributed by atoms with Gasteiger partial charge in [-0.25, -0.2) is 17.5 Å². The molecule has 168 valence electrons. The lowest BCUT2D eigenvalue weighted by Gasteiger charge is -2.28. The van der Waals surface area contributed by atoms with Crippen molar-refractivity contribution >= 4 is 44.1 Å². The van der Waals surface area contributed by atoms with Crippen molar-refractivity contribution in [2.45, 2.75) is 30.6 Å². The largest absolute Gasteiger partial charge is 0.326 e. The summed E-state index contributed by atoms with van der Waals surface area (Å²) in [7, 11) is -3.70. The Labute approximate surface area is 191 Å². The molecule has 0 spiro atoms. The van der Waals surface area contributed by atoms with Gasteiger partial charge in [0.15, 0.2) is 0 Å². The van der Waals surface area contributed by atoms with Gasteiger partial charge in [0.25, 0.3) is 0 Å². The summed E-state index contributed by atoms with van der Waals surface area (Å²) in [5.41, 5.74) is 0.906. The number of hydrogen-bond donors (Lipinski definition) is 2. The molecule has 1 amide bonds. The van der Waals surface area contributed by atoms with Crippen molar-refractivity contribution < 1.29 is 17.6 Å². The first-order valence-corrected chi connectivity index (χ1v) is 12.3. The highest BCUT2D eigenvalue weighted by Crippen LogP contribution is 2.30. The SMILES string of the molecule is O=C(Nc1ccc(F)c(Cl)c1)C1CCC(CNS(=O)(=O)c2cccc3cccnc23)CC1. The van der Waals surface area contributed by atoms with E-state index in [9.17, 15) is 17.6 Å². The van der Waals surface area contributed by atoms with E-state index in [0.29, 0.717) is 30.6 Å². The average molecular weight is 476 g/mol. The Bertz CT molecular complexity index is 1240. The van der Waals surface area contributed by atoms with E-state index in [-0.39, 0.29) is 27.7 Å². The number of fused-ring (bicyclic) bond motifs is 1. The number of anilines is 1. The van der Waals surface area contributed by atoms with Gasteiger partial charge in [-0.2, -0.15) is 0 Å². The number of hydrogen-bond acceptors (Lipinski definition) is 4. The molecule has 0 radical (unpaired) electrons. The second kappa shape index (κ2) is 9.52. The van der Waals surface area contributed by atoms with Crippen LogP contribution in [0.25, 0.3) is 10.9 Å². The molecule has 32 heavy (non-hydrogen) atoms. The van der Waals surface area contributed by atoms with Crippen LogP contribution in [0.2, 0.25) is 5.02 Å². The smallest absolute Gasteiger partial charge is 0.242 e. The average Bonchev–Trinajstić information content (AvgIpc) is 2.80. The van der Waals surface area contributed by atoms with Crippen molar-refractivity contribution in [1.29, 1.82) is 0 Å². The number of rotatable bonds is 6. The van der Waals surface area contributed by atoms with E-state index in [1.54, 1.807) is 24.4 Å². The molecule has 1 fully saturated rings. The summed E-state index contributed by atoms with van der Waals surface area (Å²) in [6.07, 6.45) is 4.36. The molecule has 1 aliphatic rings. The Hall–Kier alpha value is -2.55. The van der Waals surface area contributed by atoms with E-state index in [0.717, 1.165) is 18.2 Å². The van der Waals surface area contributed by atoms with Gasteiger partial charge in [-0.1, -0.05) is 29.8 Å². The Morgan fingerprint density at radius 1 is 1.09 bits per heavy atom. The lowest BCUT2D eigenvalue weighted by molar-refractivity contribution is -0.121. The number of nitrogens with zero attached hydrogens (tertiary/aromatic N) is 1. The van der Waals surface area contributed by atoms with Crippen molar-refractivity contribution in [2.75, 3.05) is 11.9 Å². The molecule has 0 aliphatic heterocycles. The normalized spacial score (nSPS) is 19.1. The van der Waals surface area contributed by atoms with E-state index in [4.69, 9.17) is 11.6 Å². The van der Waals surface area contributed by atoms with Gasteiger partial charge >= 0.3 is 0 Å². The minimum atomic E-state index is -3.70. The van der Waals surface area contributed by atoms with Crippen LogP contribution in [0.1, 0.15) is 25.7 Å². The van der Waals surface area contributed by atoms with Gasteiger partial charge in [0.2, 0.25) is 15.9 Å². The third kappa shape index (κ3) is 5.09. The first-order valence-electron chi connectivity index (χ1n) is 10.4. The maximum Gasteiger partial charge on any atom is 0.242 e. The van der Waals surface area contributed by atoms with E-state index >= 15 is 0 Å². The lowest BCUT2D eigenvalue weighted by Crippen LogP contribution is -2.33. The van der Waals surface area contributed by atoms with E-state index < -0.39 is 15.8 Å². The minimum absolute atomic E-state index is 0.0415. The molecule has 2 aromatic carbocycles. The molecular weight excluding hydrogens is 453 g/mol. The molecule has 0 saturated heterocycles. The summed E-state index contributed by atoms with van der Waals surface area (Å²) in [4.78, 5) is 16.9. The monoisotopic (exact) mass is 475 g/mol. The molecule has 0 unspecified atom stereocenters. The lowest BCUT2D eigenvalue weighted by atomic mass is 9.81. The van der Waals surface area contributed by atoms with E-state index in [2.05, 4.69) is 15.0 Å². The highest BCUT2D eigenvalue weighted by atomic mass is 35.5.